The molecule has 0 spiro atoms. The Labute approximate surface area is 141 Å². The molecule has 8 nitrogen and oxygen atoms in total. The van der Waals surface area contributed by atoms with Crippen molar-refractivity contribution in [2.75, 3.05) is 26.3 Å². The van der Waals surface area contributed by atoms with E-state index in [9.17, 15) is 9.59 Å². The van der Waals surface area contributed by atoms with E-state index in [4.69, 9.17) is 18.9 Å². The molecule has 8 heteroatoms. The van der Waals surface area contributed by atoms with E-state index in [2.05, 4.69) is 10.6 Å². The average molecular weight is 342 g/mol. The molecule has 0 aromatic rings. The number of ether oxygens (including phenoxy) is 4. The van der Waals surface area contributed by atoms with E-state index < -0.39 is 11.6 Å². The minimum absolute atomic E-state index is 0.186. The van der Waals surface area contributed by atoms with Crippen LogP contribution in [0.1, 0.15) is 27.7 Å². The third-order valence-electron chi connectivity index (χ3n) is 3.53. The maximum Gasteiger partial charge on any atom is 0.244 e. The van der Waals surface area contributed by atoms with Crippen molar-refractivity contribution in [1.29, 1.82) is 0 Å². The first-order chi connectivity index (χ1) is 11.2. The van der Waals surface area contributed by atoms with Crippen LogP contribution in [0.5, 0.6) is 0 Å². The Morgan fingerprint density at radius 2 is 1.25 bits per heavy atom. The highest BCUT2D eigenvalue weighted by Crippen LogP contribution is 2.22. The van der Waals surface area contributed by atoms with Gasteiger partial charge in [-0.1, -0.05) is 0 Å². The molecule has 2 fully saturated rings. The van der Waals surface area contributed by atoms with E-state index in [1.807, 2.05) is 27.7 Å². The third kappa shape index (κ3) is 6.20. The van der Waals surface area contributed by atoms with Gasteiger partial charge in [-0.2, -0.15) is 0 Å². The Bertz CT molecular complexity index is 459. The van der Waals surface area contributed by atoms with Gasteiger partial charge in [0, 0.05) is 25.2 Å². The van der Waals surface area contributed by atoms with E-state index in [0.717, 1.165) is 0 Å². The SMILES string of the molecule is CC1(C)OC[C@H](CNC(=O)/C=C/C(=O)NC[C@H]2COC(C)(C)O2)O1. The van der Waals surface area contributed by atoms with E-state index >= 15 is 0 Å². The van der Waals surface area contributed by atoms with Crippen LogP contribution in [0.25, 0.3) is 0 Å². The molecule has 0 aromatic heterocycles. The maximum atomic E-state index is 11.7. The van der Waals surface area contributed by atoms with Crippen molar-refractivity contribution in [3.05, 3.63) is 12.2 Å². The van der Waals surface area contributed by atoms with Gasteiger partial charge >= 0.3 is 0 Å². The van der Waals surface area contributed by atoms with Crippen molar-refractivity contribution in [2.24, 2.45) is 0 Å². The highest BCUT2D eigenvalue weighted by molar-refractivity contribution is 5.96. The summed E-state index contributed by atoms with van der Waals surface area (Å²) in [6.45, 7) is 8.79. The number of hydrogen-bond donors (Lipinski definition) is 2. The maximum absolute atomic E-state index is 11.7. The first-order valence-electron chi connectivity index (χ1n) is 8.02. The molecule has 0 saturated carbocycles. The standard InChI is InChI=1S/C16H26N2O6/c1-15(2)21-9-11(23-15)7-17-13(19)5-6-14(20)18-8-12-10-22-16(3,4)24-12/h5-6,11-12H,7-10H2,1-4H3,(H,17,19)(H,18,20)/b6-5+/t11-,12-/m0/s1. The first-order valence-corrected chi connectivity index (χ1v) is 8.02. The highest BCUT2D eigenvalue weighted by atomic mass is 16.7. The lowest BCUT2D eigenvalue weighted by atomic mass is 10.3. The zero-order valence-electron chi connectivity index (χ0n) is 14.6. The van der Waals surface area contributed by atoms with Gasteiger partial charge in [0.2, 0.25) is 11.8 Å². The van der Waals surface area contributed by atoms with Crippen molar-refractivity contribution < 1.29 is 28.5 Å². The van der Waals surface area contributed by atoms with Gasteiger partial charge in [0.15, 0.2) is 11.6 Å². The monoisotopic (exact) mass is 342 g/mol. The van der Waals surface area contributed by atoms with Crippen LogP contribution in [0.3, 0.4) is 0 Å². The number of carbonyl (C=O) groups excluding carboxylic acids is 2. The molecule has 2 atom stereocenters. The van der Waals surface area contributed by atoms with Crippen molar-refractivity contribution in [2.45, 2.75) is 51.5 Å². The molecular weight excluding hydrogens is 316 g/mol. The smallest absolute Gasteiger partial charge is 0.244 e. The molecule has 0 aliphatic carbocycles. The molecule has 2 aliphatic rings. The first kappa shape index (κ1) is 18.9. The van der Waals surface area contributed by atoms with Gasteiger partial charge in [-0.3, -0.25) is 9.59 Å². The lowest BCUT2D eigenvalue weighted by molar-refractivity contribution is -0.139. The Hall–Kier alpha value is -1.48. The molecule has 2 rings (SSSR count). The van der Waals surface area contributed by atoms with E-state index in [0.29, 0.717) is 26.3 Å². The van der Waals surface area contributed by atoms with Crippen molar-refractivity contribution in [3.8, 4) is 0 Å². The Kier molecular flexibility index (Phi) is 5.97. The molecule has 2 aliphatic heterocycles. The molecule has 2 amide bonds. The summed E-state index contributed by atoms with van der Waals surface area (Å²) in [7, 11) is 0. The Morgan fingerprint density at radius 3 is 1.54 bits per heavy atom. The summed E-state index contributed by atoms with van der Waals surface area (Å²) in [6, 6.07) is 0. The third-order valence-corrected chi connectivity index (χ3v) is 3.53. The summed E-state index contributed by atoms with van der Waals surface area (Å²) in [5.41, 5.74) is 0. The van der Waals surface area contributed by atoms with Crippen LogP contribution < -0.4 is 10.6 Å². The normalized spacial score (nSPS) is 28.2. The van der Waals surface area contributed by atoms with Crippen LogP contribution in [0.15, 0.2) is 12.2 Å². The summed E-state index contributed by atoms with van der Waals surface area (Å²) in [4.78, 5) is 23.4. The van der Waals surface area contributed by atoms with Crippen LogP contribution in [-0.2, 0) is 28.5 Å². The predicted molar refractivity (Wildman–Crippen MR) is 85.0 cm³/mol. The fourth-order valence-electron chi connectivity index (χ4n) is 2.43. The minimum Gasteiger partial charge on any atom is -0.350 e. The lowest BCUT2D eigenvalue weighted by Gasteiger charge is -2.17. The van der Waals surface area contributed by atoms with E-state index in [1.54, 1.807) is 0 Å². The van der Waals surface area contributed by atoms with Crippen molar-refractivity contribution >= 4 is 11.8 Å². The summed E-state index contributed by atoms with van der Waals surface area (Å²) in [6.07, 6.45) is 2.00. The van der Waals surface area contributed by atoms with Crippen LogP contribution >= 0.6 is 0 Å². The molecule has 2 N–H and O–H groups in total. The van der Waals surface area contributed by atoms with Gasteiger partial charge in [-0.05, 0) is 27.7 Å². The number of nitrogens with one attached hydrogen (secondary N) is 2. The summed E-state index contributed by atoms with van der Waals surface area (Å²) in [5.74, 6) is -1.96. The summed E-state index contributed by atoms with van der Waals surface area (Å²) < 4.78 is 21.9. The zero-order chi connectivity index (χ0) is 17.8. The quantitative estimate of drug-likeness (QED) is 0.664. The van der Waals surface area contributed by atoms with Gasteiger partial charge in [-0.25, -0.2) is 0 Å². The molecule has 0 aromatic carbocycles. The van der Waals surface area contributed by atoms with Gasteiger partial charge in [0.05, 0.1) is 13.2 Å². The number of rotatable bonds is 6. The fourth-order valence-corrected chi connectivity index (χ4v) is 2.43. The lowest BCUT2D eigenvalue weighted by Crippen LogP contribution is -2.35. The van der Waals surface area contributed by atoms with Crippen LogP contribution in [0, 0.1) is 0 Å². The second-order valence-corrected chi connectivity index (χ2v) is 6.73. The average Bonchev–Trinajstić information content (AvgIpc) is 3.02. The van der Waals surface area contributed by atoms with E-state index in [-0.39, 0.29) is 24.0 Å². The molecule has 0 unspecified atom stereocenters. The molecule has 0 radical (unpaired) electrons. The zero-order valence-corrected chi connectivity index (χ0v) is 14.6. The van der Waals surface area contributed by atoms with Crippen molar-refractivity contribution in [3.63, 3.8) is 0 Å². The molecular formula is C16H26N2O6. The highest BCUT2D eigenvalue weighted by Gasteiger charge is 2.33. The Morgan fingerprint density at radius 1 is 0.875 bits per heavy atom. The van der Waals surface area contributed by atoms with E-state index in [1.165, 1.54) is 12.2 Å². The molecule has 24 heavy (non-hydrogen) atoms. The van der Waals surface area contributed by atoms with Crippen LogP contribution in [0.2, 0.25) is 0 Å². The fraction of sp³-hybridized carbons (Fsp3) is 0.750. The Balaban J connectivity index is 1.61. The van der Waals surface area contributed by atoms with Gasteiger partial charge in [0.1, 0.15) is 12.2 Å². The van der Waals surface area contributed by atoms with Crippen LogP contribution in [0.4, 0.5) is 0 Å². The second kappa shape index (κ2) is 7.60. The van der Waals surface area contributed by atoms with Crippen molar-refractivity contribution in [1.82, 2.24) is 10.6 Å². The number of hydrogen-bond acceptors (Lipinski definition) is 6. The molecule has 2 heterocycles. The molecule has 0 bridgehead atoms. The topological polar surface area (TPSA) is 95.1 Å². The predicted octanol–water partition coefficient (Wildman–Crippen LogP) is 0.0780. The largest absolute Gasteiger partial charge is 0.350 e. The molecule has 136 valence electrons. The molecule has 2 saturated heterocycles. The number of carbonyl (C=O) groups is 2. The van der Waals surface area contributed by atoms with Crippen LogP contribution in [-0.4, -0.2) is 61.9 Å². The summed E-state index contributed by atoms with van der Waals surface area (Å²) >= 11 is 0. The van der Waals surface area contributed by atoms with Gasteiger partial charge in [0.25, 0.3) is 0 Å². The summed E-state index contributed by atoms with van der Waals surface area (Å²) in [5, 5.41) is 5.34. The minimum atomic E-state index is -0.619. The second-order valence-electron chi connectivity index (χ2n) is 6.73. The van der Waals surface area contributed by atoms with Gasteiger partial charge in [-0.15, -0.1) is 0 Å². The number of amides is 2. The van der Waals surface area contributed by atoms with Gasteiger partial charge < -0.3 is 29.6 Å².